The van der Waals surface area contributed by atoms with Crippen molar-refractivity contribution in [1.82, 2.24) is 5.32 Å². The van der Waals surface area contributed by atoms with Gasteiger partial charge in [-0.3, -0.25) is 9.36 Å². The van der Waals surface area contributed by atoms with Crippen LogP contribution in [0.5, 0.6) is 0 Å². The largest absolute Gasteiger partial charge is 0.756 e. The Morgan fingerprint density at radius 1 is 0.479 bits per heavy atom. The molecular formula is C62H121N2O6P. The highest BCUT2D eigenvalue weighted by molar-refractivity contribution is 7.45. The highest BCUT2D eigenvalue weighted by Gasteiger charge is 2.23. The van der Waals surface area contributed by atoms with Crippen molar-refractivity contribution in [2.24, 2.45) is 0 Å². The van der Waals surface area contributed by atoms with Crippen molar-refractivity contribution in [2.45, 2.75) is 315 Å². The number of aliphatic hydroxyl groups is 1. The molecule has 0 aliphatic heterocycles. The van der Waals surface area contributed by atoms with Crippen LogP contribution in [0, 0.1) is 0 Å². The molecule has 8 nitrogen and oxygen atoms in total. The number of nitrogens with zero attached hydrogens (tertiary/aromatic N) is 1. The summed E-state index contributed by atoms with van der Waals surface area (Å²) in [6, 6.07) is -0.908. The summed E-state index contributed by atoms with van der Waals surface area (Å²) in [6.07, 6.45) is 69.6. The van der Waals surface area contributed by atoms with Crippen molar-refractivity contribution in [3.8, 4) is 0 Å². The number of phosphoric acid groups is 1. The fraction of sp³-hybridized carbons (Fsp3) is 0.887. The fourth-order valence-electron chi connectivity index (χ4n) is 9.25. The zero-order valence-corrected chi connectivity index (χ0v) is 48.8. The average Bonchev–Trinajstić information content (AvgIpc) is 3.33. The van der Waals surface area contributed by atoms with Gasteiger partial charge in [-0.25, -0.2) is 0 Å². The van der Waals surface area contributed by atoms with Crippen LogP contribution in [0.1, 0.15) is 303 Å². The van der Waals surface area contributed by atoms with E-state index in [2.05, 4.69) is 43.5 Å². The molecule has 0 spiro atoms. The number of allylic oxidation sites excluding steroid dienone is 5. The number of amides is 1. The van der Waals surface area contributed by atoms with Gasteiger partial charge in [0, 0.05) is 6.42 Å². The molecule has 0 aromatic carbocycles. The third-order valence-corrected chi connectivity index (χ3v) is 15.0. The van der Waals surface area contributed by atoms with Gasteiger partial charge in [-0.1, -0.05) is 288 Å². The number of phosphoric ester groups is 1. The first-order chi connectivity index (χ1) is 34.5. The molecule has 0 fully saturated rings. The minimum absolute atomic E-state index is 0.00731. The molecule has 0 saturated carbocycles. The summed E-state index contributed by atoms with van der Waals surface area (Å²) in [7, 11) is 1.25. The van der Waals surface area contributed by atoms with Gasteiger partial charge in [0.1, 0.15) is 13.2 Å². The summed E-state index contributed by atoms with van der Waals surface area (Å²) in [6.45, 7) is 4.66. The molecule has 0 radical (unpaired) electrons. The number of carbonyl (C=O) groups is 1. The zero-order valence-electron chi connectivity index (χ0n) is 47.9. The van der Waals surface area contributed by atoms with Gasteiger partial charge in [-0.15, -0.1) is 0 Å². The Morgan fingerprint density at radius 2 is 0.789 bits per heavy atom. The van der Waals surface area contributed by atoms with Crippen LogP contribution in [0.15, 0.2) is 36.5 Å². The summed E-state index contributed by atoms with van der Waals surface area (Å²) in [5, 5.41) is 13.9. The van der Waals surface area contributed by atoms with E-state index in [4.69, 9.17) is 9.05 Å². The molecule has 3 atom stereocenters. The van der Waals surface area contributed by atoms with Crippen LogP contribution in [0.3, 0.4) is 0 Å². The van der Waals surface area contributed by atoms with Crippen molar-refractivity contribution in [1.29, 1.82) is 0 Å². The predicted molar refractivity (Wildman–Crippen MR) is 307 cm³/mol. The molecule has 3 unspecified atom stereocenters. The third-order valence-electron chi connectivity index (χ3n) is 14.1. The summed E-state index contributed by atoms with van der Waals surface area (Å²) in [5.74, 6) is -0.205. The van der Waals surface area contributed by atoms with E-state index in [1.807, 2.05) is 27.2 Å². The van der Waals surface area contributed by atoms with E-state index >= 15 is 0 Å². The van der Waals surface area contributed by atoms with Crippen LogP contribution < -0.4 is 10.2 Å². The Kier molecular flexibility index (Phi) is 52.6. The molecule has 71 heavy (non-hydrogen) atoms. The predicted octanol–water partition coefficient (Wildman–Crippen LogP) is 18.3. The molecule has 9 heteroatoms. The number of carbonyl (C=O) groups excluding carboxylic acids is 1. The zero-order chi connectivity index (χ0) is 52.0. The van der Waals surface area contributed by atoms with Gasteiger partial charge in [-0.2, -0.15) is 0 Å². The van der Waals surface area contributed by atoms with E-state index in [1.165, 1.54) is 238 Å². The number of hydrogen-bond donors (Lipinski definition) is 2. The minimum atomic E-state index is -4.61. The van der Waals surface area contributed by atoms with Crippen LogP contribution >= 0.6 is 7.82 Å². The highest BCUT2D eigenvalue weighted by atomic mass is 31.2. The molecule has 420 valence electrons. The number of quaternary nitrogens is 1. The molecule has 0 rings (SSSR count). The second kappa shape index (κ2) is 53.5. The van der Waals surface area contributed by atoms with Gasteiger partial charge in [0.25, 0.3) is 7.82 Å². The summed E-state index contributed by atoms with van der Waals surface area (Å²) in [4.78, 5) is 25.5. The standard InChI is InChI=1S/C62H121N2O6P/c1-6-8-10-12-14-16-18-20-22-24-26-28-29-30-31-32-33-34-35-36-38-40-42-44-46-48-50-52-54-56-62(66)63-60(59-70-71(67,68)69-58-57-64(3,4)5)61(65)55-53-51-49-47-45-43-41-39-37-27-25-23-21-19-17-15-13-11-9-7-2/h37,39,45,47,53,55,60-61,65H,6-36,38,40-44,46,48-52,54,56-59H2,1-5H3,(H-,63,66,67,68)/b39-37+,47-45+,55-53+. The van der Waals surface area contributed by atoms with Crippen molar-refractivity contribution in [2.75, 3.05) is 40.9 Å². The van der Waals surface area contributed by atoms with Gasteiger partial charge in [0.15, 0.2) is 0 Å². The normalized spacial score (nSPS) is 14.1. The fourth-order valence-corrected chi connectivity index (χ4v) is 9.97. The Labute approximate surface area is 442 Å². The molecule has 0 heterocycles. The molecule has 0 aliphatic rings. The SMILES string of the molecule is CCCCCCCCCCCC/C=C/CC/C=C/CC/C=C/C(O)C(COP(=O)([O-])OCC[N+](C)(C)C)NC(=O)CCCCCCCCCCCCCCCCCCCCCCCCCCCCCCC. The Balaban J connectivity index is 4.14. The van der Waals surface area contributed by atoms with Gasteiger partial charge in [0.05, 0.1) is 39.9 Å². The van der Waals surface area contributed by atoms with Crippen molar-refractivity contribution in [3.63, 3.8) is 0 Å². The lowest BCUT2D eigenvalue weighted by Gasteiger charge is -2.29. The molecule has 2 N–H and O–H groups in total. The maximum absolute atomic E-state index is 13.0. The molecule has 1 amide bonds. The Morgan fingerprint density at radius 3 is 1.14 bits per heavy atom. The summed E-state index contributed by atoms with van der Waals surface area (Å²) >= 11 is 0. The van der Waals surface area contributed by atoms with E-state index in [9.17, 15) is 19.4 Å². The number of rotatable bonds is 57. The molecule has 0 bridgehead atoms. The van der Waals surface area contributed by atoms with Crippen LogP contribution in [-0.2, 0) is 18.4 Å². The van der Waals surface area contributed by atoms with E-state index in [-0.39, 0.29) is 12.5 Å². The van der Waals surface area contributed by atoms with E-state index in [1.54, 1.807) is 6.08 Å². The van der Waals surface area contributed by atoms with Crippen LogP contribution in [0.2, 0.25) is 0 Å². The highest BCUT2D eigenvalue weighted by Crippen LogP contribution is 2.38. The first kappa shape index (κ1) is 69.7. The topological polar surface area (TPSA) is 108 Å². The van der Waals surface area contributed by atoms with E-state index < -0.39 is 26.6 Å². The number of nitrogens with one attached hydrogen (secondary N) is 1. The van der Waals surface area contributed by atoms with Crippen LogP contribution in [0.25, 0.3) is 0 Å². The molecule has 0 aromatic heterocycles. The quantitative estimate of drug-likeness (QED) is 0.0272. The van der Waals surface area contributed by atoms with E-state index in [0.29, 0.717) is 17.4 Å². The second-order valence-corrected chi connectivity index (χ2v) is 23.8. The Bertz CT molecular complexity index is 1250. The van der Waals surface area contributed by atoms with Gasteiger partial charge in [0.2, 0.25) is 5.91 Å². The molecular weight excluding hydrogens is 900 g/mol. The lowest BCUT2D eigenvalue weighted by Crippen LogP contribution is -2.45. The lowest BCUT2D eigenvalue weighted by molar-refractivity contribution is -0.870. The first-order valence-corrected chi connectivity index (χ1v) is 32.3. The van der Waals surface area contributed by atoms with Gasteiger partial charge < -0.3 is 28.8 Å². The number of aliphatic hydroxyl groups excluding tert-OH is 1. The molecule has 0 saturated heterocycles. The lowest BCUT2D eigenvalue weighted by atomic mass is 10.0. The number of likely N-dealkylation sites (N-methyl/N-ethyl adjacent to an activating group) is 1. The number of hydrogen-bond acceptors (Lipinski definition) is 6. The van der Waals surface area contributed by atoms with Crippen molar-refractivity contribution < 1.29 is 32.9 Å². The smallest absolute Gasteiger partial charge is 0.268 e. The average molecular weight is 1020 g/mol. The Hall–Kier alpha value is -1.28. The monoisotopic (exact) mass is 1020 g/mol. The van der Waals surface area contributed by atoms with Gasteiger partial charge in [-0.05, 0) is 44.9 Å². The van der Waals surface area contributed by atoms with Gasteiger partial charge >= 0.3 is 0 Å². The molecule has 0 aromatic rings. The number of unbranched alkanes of at least 4 members (excludes halogenated alkanes) is 40. The third kappa shape index (κ3) is 56.3. The van der Waals surface area contributed by atoms with Crippen LogP contribution in [-0.4, -0.2) is 68.5 Å². The maximum atomic E-state index is 13.0. The van der Waals surface area contributed by atoms with Crippen molar-refractivity contribution in [3.05, 3.63) is 36.5 Å². The first-order valence-electron chi connectivity index (χ1n) is 30.9. The van der Waals surface area contributed by atoms with E-state index in [0.717, 1.165) is 44.9 Å². The van der Waals surface area contributed by atoms with Crippen molar-refractivity contribution >= 4 is 13.7 Å². The van der Waals surface area contributed by atoms with Crippen LogP contribution in [0.4, 0.5) is 0 Å². The molecule has 0 aliphatic carbocycles. The summed E-state index contributed by atoms with van der Waals surface area (Å²) in [5.41, 5.74) is 0. The second-order valence-electron chi connectivity index (χ2n) is 22.4. The minimum Gasteiger partial charge on any atom is -0.756 e. The summed E-state index contributed by atoms with van der Waals surface area (Å²) < 4.78 is 23.4. The maximum Gasteiger partial charge on any atom is 0.268 e.